The van der Waals surface area contributed by atoms with Gasteiger partial charge in [-0.2, -0.15) is 0 Å². The first-order chi connectivity index (χ1) is 8.83. The maximum absolute atomic E-state index is 11.7. The first-order valence-corrected chi connectivity index (χ1v) is 6.22. The van der Waals surface area contributed by atoms with E-state index in [1.807, 2.05) is 0 Å². The number of aromatic hydroxyl groups is 1. The van der Waals surface area contributed by atoms with Crippen LogP contribution in [0.5, 0.6) is 5.75 Å². The summed E-state index contributed by atoms with van der Waals surface area (Å²) in [5, 5.41) is 21.5. The number of para-hydroxylation sites is 1. The SMILES string of the molecule is CC(C)(C)OC(=O)N[C@@H](CCO)c1ccccc1O. The van der Waals surface area contributed by atoms with Crippen molar-refractivity contribution in [3.8, 4) is 5.75 Å². The van der Waals surface area contributed by atoms with Gasteiger partial charge in [0.05, 0.1) is 6.04 Å². The average molecular weight is 267 g/mol. The van der Waals surface area contributed by atoms with Crippen LogP contribution in [-0.2, 0) is 4.74 Å². The Hall–Kier alpha value is -1.75. The first-order valence-electron chi connectivity index (χ1n) is 6.22. The lowest BCUT2D eigenvalue weighted by Gasteiger charge is -2.24. The van der Waals surface area contributed by atoms with E-state index in [0.717, 1.165) is 0 Å². The lowest BCUT2D eigenvalue weighted by molar-refractivity contribution is 0.0496. The molecule has 0 radical (unpaired) electrons. The summed E-state index contributed by atoms with van der Waals surface area (Å²) in [4.78, 5) is 11.7. The molecule has 0 heterocycles. The van der Waals surface area contributed by atoms with E-state index in [4.69, 9.17) is 9.84 Å². The summed E-state index contributed by atoms with van der Waals surface area (Å²) in [6, 6.07) is 6.21. The van der Waals surface area contributed by atoms with Gasteiger partial charge < -0.3 is 20.3 Å². The van der Waals surface area contributed by atoms with E-state index >= 15 is 0 Å². The number of benzene rings is 1. The van der Waals surface area contributed by atoms with Crippen LogP contribution in [0.4, 0.5) is 4.79 Å². The maximum atomic E-state index is 11.7. The van der Waals surface area contributed by atoms with Crippen LogP contribution in [0.25, 0.3) is 0 Å². The van der Waals surface area contributed by atoms with Crippen molar-refractivity contribution in [3.05, 3.63) is 29.8 Å². The Labute approximate surface area is 113 Å². The highest BCUT2D eigenvalue weighted by Gasteiger charge is 2.21. The molecule has 0 bridgehead atoms. The fraction of sp³-hybridized carbons (Fsp3) is 0.500. The summed E-state index contributed by atoms with van der Waals surface area (Å²) in [6.07, 6.45) is -0.272. The fourth-order valence-electron chi connectivity index (χ4n) is 1.67. The number of hydrogen-bond donors (Lipinski definition) is 3. The van der Waals surface area contributed by atoms with E-state index in [9.17, 15) is 9.90 Å². The molecule has 5 heteroatoms. The van der Waals surface area contributed by atoms with Gasteiger partial charge in [-0.1, -0.05) is 18.2 Å². The third-order valence-electron chi connectivity index (χ3n) is 2.42. The van der Waals surface area contributed by atoms with E-state index in [0.29, 0.717) is 12.0 Å². The molecule has 1 aromatic rings. The van der Waals surface area contributed by atoms with Crippen molar-refractivity contribution in [1.82, 2.24) is 5.32 Å². The summed E-state index contributed by atoms with van der Waals surface area (Å²) < 4.78 is 5.16. The van der Waals surface area contributed by atoms with Gasteiger partial charge in [0.1, 0.15) is 11.4 Å². The highest BCUT2D eigenvalue weighted by atomic mass is 16.6. The molecule has 0 aromatic heterocycles. The van der Waals surface area contributed by atoms with Crippen LogP contribution < -0.4 is 5.32 Å². The molecule has 3 N–H and O–H groups in total. The molecule has 1 rings (SSSR count). The van der Waals surface area contributed by atoms with Gasteiger partial charge in [0.15, 0.2) is 0 Å². The lowest BCUT2D eigenvalue weighted by Crippen LogP contribution is -2.35. The van der Waals surface area contributed by atoms with E-state index in [2.05, 4.69) is 5.32 Å². The number of phenolic OH excluding ortho intramolecular Hbond substituents is 1. The number of carbonyl (C=O) groups is 1. The third-order valence-corrected chi connectivity index (χ3v) is 2.42. The summed E-state index contributed by atoms with van der Waals surface area (Å²) in [5.41, 5.74) is -0.0329. The molecule has 1 aromatic carbocycles. The number of hydrogen-bond acceptors (Lipinski definition) is 4. The minimum atomic E-state index is -0.591. The molecule has 5 nitrogen and oxygen atoms in total. The minimum Gasteiger partial charge on any atom is -0.508 e. The van der Waals surface area contributed by atoms with Crippen LogP contribution in [-0.4, -0.2) is 28.5 Å². The number of aliphatic hydroxyl groups is 1. The number of nitrogens with one attached hydrogen (secondary N) is 1. The highest BCUT2D eigenvalue weighted by Crippen LogP contribution is 2.26. The van der Waals surface area contributed by atoms with Crippen LogP contribution in [0.3, 0.4) is 0 Å². The zero-order valence-electron chi connectivity index (χ0n) is 11.5. The molecule has 1 amide bonds. The standard InChI is InChI=1S/C14H21NO4/c1-14(2,3)19-13(18)15-11(8-9-16)10-6-4-5-7-12(10)17/h4-7,11,16-17H,8-9H2,1-3H3,(H,15,18)/t11-/m0/s1. The maximum Gasteiger partial charge on any atom is 0.408 e. The van der Waals surface area contributed by atoms with Crippen molar-refractivity contribution >= 4 is 6.09 Å². The molecule has 0 spiro atoms. The van der Waals surface area contributed by atoms with Crippen LogP contribution >= 0.6 is 0 Å². The van der Waals surface area contributed by atoms with Crippen LogP contribution in [0.2, 0.25) is 0 Å². The molecule has 0 fully saturated rings. The van der Waals surface area contributed by atoms with Crippen LogP contribution in [0.15, 0.2) is 24.3 Å². The summed E-state index contributed by atoms with van der Waals surface area (Å²) in [5.74, 6) is 0.0806. The second-order valence-electron chi connectivity index (χ2n) is 5.27. The van der Waals surface area contributed by atoms with Gasteiger partial charge in [-0.3, -0.25) is 0 Å². The van der Waals surface area contributed by atoms with E-state index in [1.165, 1.54) is 6.07 Å². The smallest absolute Gasteiger partial charge is 0.408 e. The molecule has 0 saturated heterocycles. The van der Waals surface area contributed by atoms with E-state index < -0.39 is 17.7 Å². The predicted octanol–water partition coefficient (Wildman–Crippen LogP) is 2.34. The number of ether oxygens (including phenoxy) is 1. The number of amides is 1. The lowest BCUT2D eigenvalue weighted by atomic mass is 10.0. The van der Waals surface area contributed by atoms with Gasteiger partial charge in [0.25, 0.3) is 0 Å². The Kier molecular flexibility index (Phi) is 5.18. The Bertz CT molecular complexity index is 426. The Morgan fingerprint density at radius 3 is 2.53 bits per heavy atom. The average Bonchev–Trinajstić information content (AvgIpc) is 2.26. The van der Waals surface area contributed by atoms with Gasteiger partial charge >= 0.3 is 6.09 Å². The summed E-state index contributed by atoms with van der Waals surface area (Å²) >= 11 is 0. The van der Waals surface area contributed by atoms with Gasteiger partial charge in [-0.25, -0.2) is 4.79 Å². The van der Waals surface area contributed by atoms with Gasteiger partial charge in [0, 0.05) is 12.2 Å². The normalized spacial score (nSPS) is 12.8. The quantitative estimate of drug-likeness (QED) is 0.782. The number of aliphatic hydroxyl groups excluding tert-OH is 1. The highest BCUT2D eigenvalue weighted by molar-refractivity contribution is 5.68. The monoisotopic (exact) mass is 267 g/mol. The number of carbonyl (C=O) groups excluding carboxylic acids is 1. The molecule has 0 saturated carbocycles. The largest absolute Gasteiger partial charge is 0.508 e. The van der Waals surface area contributed by atoms with E-state index in [-0.39, 0.29) is 12.4 Å². The summed E-state index contributed by atoms with van der Waals surface area (Å²) in [7, 11) is 0. The molecule has 106 valence electrons. The number of alkyl carbamates (subject to hydrolysis) is 1. The zero-order chi connectivity index (χ0) is 14.5. The van der Waals surface area contributed by atoms with Gasteiger partial charge in [-0.15, -0.1) is 0 Å². The molecule has 0 aliphatic heterocycles. The van der Waals surface area contributed by atoms with Gasteiger partial charge in [0.2, 0.25) is 0 Å². The van der Waals surface area contributed by atoms with Crippen molar-refractivity contribution in [2.75, 3.05) is 6.61 Å². The Morgan fingerprint density at radius 1 is 1.37 bits per heavy atom. The minimum absolute atomic E-state index is 0.0806. The van der Waals surface area contributed by atoms with Crippen LogP contribution in [0, 0.1) is 0 Å². The number of rotatable bonds is 4. The van der Waals surface area contributed by atoms with Crippen molar-refractivity contribution in [2.45, 2.75) is 38.8 Å². The zero-order valence-corrected chi connectivity index (χ0v) is 11.5. The topological polar surface area (TPSA) is 78.8 Å². The first kappa shape index (κ1) is 15.3. The van der Waals surface area contributed by atoms with Crippen LogP contribution in [0.1, 0.15) is 38.8 Å². The fourth-order valence-corrected chi connectivity index (χ4v) is 1.67. The second-order valence-corrected chi connectivity index (χ2v) is 5.27. The predicted molar refractivity (Wildman–Crippen MR) is 71.9 cm³/mol. The summed E-state index contributed by atoms with van der Waals surface area (Å²) in [6.45, 7) is 5.21. The van der Waals surface area contributed by atoms with Gasteiger partial charge in [-0.05, 0) is 33.3 Å². The molecule has 0 aliphatic carbocycles. The molecular weight excluding hydrogens is 246 g/mol. The Morgan fingerprint density at radius 2 is 2.00 bits per heavy atom. The van der Waals surface area contributed by atoms with Crippen molar-refractivity contribution in [1.29, 1.82) is 0 Å². The van der Waals surface area contributed by atoms with Crippen molar-refractivity contribution < 1.29 is 19.7 Å². The molecule has 0 aliphatic rings. The molecule has 0 unspecified atom stereocenters. The molecule has 19 heavy (non-hydrogen) atoms. The van der Waals surface area contributed by atoms with E-state index in [1.54, 1.807) is 39.0 Å². The number of phenols is 1. The Balaban J connectivity index is 2.79. The van der Waals surface area contributed by atoms with Crippen molar-refractivity contribution in [2.24, 2.45) is 0 Å². The van der Waals surface area contributed by atoms with Crippen molar-refractivity contribution in [3.63, 3.8) is 0 Å². The molecule has 1 atom stereocenters. The third kappa shape index (κ3) is 5.18. The second kappa shape index (κ2) is 6.43. The molecular formula is C14H21NO4.